The molecular formula is C8H12NO2. The molecule has 0 atom stereocenters. The highest BCUT2D eigenvalue weighted by molar-refractivity contribution is 5.80. The van der Waals surface area contributed by atoms with Crippen LogP contribution in [0.3, 0.4) is 0 Å². The number of carbonyl (C=O) groups is 1. The van der Waals surface area contributed by atoms with E-state index < -0.39 is 5.54 Å². The Morgan fingerprint density at radius 2 is 2.00 bits per heavy atom. The van der Waals surface area contributed by atoms with Crippen molar-refractivity contribution in [3.63, 3.8) is 0 Å². The van der Waals surface area contributed by atoms with Crippen molar-refractivity contribution in [1.29, 1.82) is 0 Å². The second kappa shape index (κ2) is 3.03. The Hall–Kier alpha value is -0.860. The Bertz CT molecular complexity index is 171. The van der Waals surface area contributed by atoms with E-state index in [0.29, 0.717) is 0 Å². The van der Waals surface area contributed by atoms with Crippen LogP contribution in [-0.2, 0) is 9.59 Å². The van der Waals surface area contributed by atoms with E-state index in [9.17, 15) is 9.59 Å². The first-order valence-electron chi connectivity index (χ1n) is 3.87. The maximum atomic E-state index is 10.7. The smallest absolute Gasteiger partial charge is 0.226 e. The Morgan fingerprint density at radius 1 is 1.45 bits per heavy atom. The minimum absolute atomic E-state index is 0.143. The molecule has 0 unspecified atom stereocenters. The number of amides is 1. The van der Waals surface area contributed by atoms with Gasteiger partial charge in [-0.1, -0.05) is 12.8 Å². The van der Waals surface area contributed by atoms with Crippen molar-refractivity contribution >= 4 is 12.2 Å². The van der Waals surface area contributed by atoms with Crippen molar-refractivity contribution in [2.45, 2.75) is 38.1 Å². The van der Waals surface area contributed by atoms with Gasteiger partial charge < -0.3 is 5.32 Å². The minimum Gasteiger partial charge on any atom is -0.343 e. The van der Waals surface area contributed by atoms with Crippen molar-refractivity contribution < 1.29 is 9.59 Å². The van der Waals surface area contributed by atoms with Gasteiger partial charge in [0.05, 0.1) is 0 Å². The molecule has 0 bridgehead atoms. The zero-order valence-electron chi connectivity index (χ0n) is 6.64. The third-order valence-electron chi connectivity index (χ3n) is 2.07. The van der Waals surface area contributed by atoms with E-state index in [2.05, 4.69) is 5.32 Å². The van der Waals surface area contributed by atoms with Crippen LogP contribution in [0.2, 0.25) is 0 Å². The van der Waals surface area contributed by atoms with E-state index >= 15 is 0 Å². The van der Waals surface area contributed by atoms with Gasteiger partial charge in [-0.05, 0) is 12.8 Å². The lowest BCUT2D eigenvalue weighted by molar-refractivity contribution is -0.120. The zero-order chi connectivity index (χ0) is 8.32. The molecule has 1 aliphatic carbocycles. The van der Waals surface area contributed by atoms with E-state index in [4.69, 9.17) is 0 Å². The molecule has 1 rings (SSSR count). The van der Waals surface area contributed by atoms with Gasteiger partial charge in [-0.3, -0.25) is 9.59 Å². The van der Waals surface area contributed by atoms with E-state index in [-0.39, 0.29) is 5.91 Å². The van der Waals surface area contributed by atoms with E-state index in [1.807, 2.05) is 6.29 Å². The molecule has 0 aromatic heterocycles. The largest absolute Gasteiger partial charge is 0.343 e. The van der Waals surface area contributed by atoms with Crippen LogP contribution < -0.4 is 5.32 Å². The first kappa shape index (κ1) is 8.24. The van der Waals surface area contributed by atoms with Gasteiger partial charge in [0.1, 0.15) is 5.54 Å². The Labute approximate surface area is 66.2 Å². The number of hydrogen-bond donors (Lipinski definition) is 1. The predicted octanol–water partition coefficient (Wildman–Crippen LogP) is 0.545. The first-order chi connectivity index (χ1) is 5.18. The monoisotopic (exact) mass is 154 g/mol. The molecule has 3 heteroatoms. The molecule has 0 aromatic carbocycles. The average molecular weight is 154 g/mol. The highest BCUT2D eigenvalue weighted by Crippen LogP contribution is 2.27. The molecular weight excluding hydrogens is 142 g/mol. The van der Waals surface area contributed by atoms with Gasteiger partial charge >= 0.3 is 0 Å². The minimum atomic E-state index is -0.647. The Morgan fingerprint density at radius 3 is 2.36 bits per heavy atom. The topological polar surface area (TPSA) is 46.2 Å². The van der Waals surface area contributed by atoms with Gasteiger partial charge in [-0.2, -0.15) is 0 Å². The van der Waals surface area contributed by atoms with Gasteiger partial charge in [0, 0.05) is 6.92 Å². The van der Waals surface area contributed by atoms with E-state index in [1.54, 1.807) is 0 Å². The average Bonchev–Trinajstić information content (AvgIpc) is 2.36. The summed E-state index contributed by atoms with van der Waals surface area (Å²) in [6.45, 7) is 1.43. The normalized spacial score (nSPS) is 21.2. The molecule has 3 nitrogen and oxygen atoms in total. The SMILES string of the molecule is CC(=O)NC1([C]=O)CCCC1. The fourth-order valence-electron chi connectivity index (χ4n) is 1.57. The number of nitrogens with one attached hydrogen (secondary N) is 1. The van der Waals surface area contributed by atoms with Crippen LogP contribution in [0.1, 0.15) is 32.6 Å². The molecule has 1 fully saturated rings. The molecule has 0 spiro atoms. The molecule has 0 saturated heterocycles. The van der Waals surface area contributed by atoms with Crippen molar-refractivity contribution in [3.05, 3.63) is 0 Å². The summed E-state index contributed by atoms with van der Waals surface area (Å²) in [4.78, 5) is 21.2. The van der Waals surface area contributed by atoms with Crippen LogP contribution in [0, 0.1) is 0 Å². The van der Waals surface area contributed by atoms with E-state index in [1.165, 1.54) is 6.92 Å². The molecule has 1 saturated carbocycles. The molecule has 11 heavy (non-hydrogen) atoms. The summed E-state index contributed by atoms with van der Waals surface area (Å²) in [7, 11) is 0. The molecule has 0 heterocycles. The highest BCUT2D eigenvalue weighted by atomic mass is 16.2. The quantitative estimate of drug-likeness (QED) is 0.631. The van der Waals surface area contributed by atoms with Crippen molar-refractivity contribution in [2.24, 2.45) is 0 Å². The molecule has 0 aliphatic heterocycles. The summed E-state index contributed by atoms with van der Waals surface area (Å²) in [5, 5.41) is 2.64. The summed E-state index contributed by atoms with van der Waals surface area (Å²) in [5.74, 6) is -0.143. The second-order valence-corrected chi connectivity index (χ2v) is 3.07. The van der Waals surface area contributed by atoms with E-state index in [0.717, 1.165) is 25.7 Å². The van der Waals surface area contributed by atoms with Crippen molar-refractivity contribution in [1.82, 2.24) is 5.32 Å². The Balaban J connectivity index is 2.59. The third-order valence-corrected chi connectivity index (χ3v) is 2.07. The third kappa shape index (κ3) is 1.79. The van der Waals surface area contributed by atoms with Crippen LogP contribution in [0.25, 0.3) is 0 Å². The van der Waals surface area contributed by atoms with Gasteiger partial charge in [-0.25, -0.2) is 0 Å². The fraction of sp³-hybridized carbons (Fsp3) is 0.750. The molecule has 61 valence electrons. The van der Waals surface area contributed by atoms with Crippen LogP contribution in [0.4, 0.5) is 0 Å². The van der Waals surface area contributed by atoms with Gasteiger partial charge in [0.15, 0.2) is 0 Å². The van der Waals surface area contributed by atoms with Crippen LogP contribution in [-0.4, -0.2) is 17.7 Å². The summed E-state index contributed by atoms with van der Waals surface area (Å²) < 4.78 is 0. The fourth-order valence-corrected chi connectivity index (χ4v) is 1.57. The molecule has 1 amide bonds. The van der Waals surface area contributed by atoms with Gasteiger partial charge in [0.2, 0.25) is 12.2 Å². The summed E-state index contributed by atoms with van der Waals surface area (Å²) in [6, 6.07) is 0. The first-order valence-corrected chi connectivity index (χ1v) is 3.87. The zero-order valence-corrected chi connectivity index (χ0v) is 6.64. The summed E-state index contributed by atoms with van der Waals surface area (Å²) in [5.41, 5.74) is -0.647. The lowest BCUT2D eigenvalue weighted by Gasteiger charge is -2.21. The second-order valence-electron chi connectivity index (χ2n) is 3.07. The Kier molecular flexibility index (Phi) is 2.27. The number of hydrogen-bond acceptors (Lipinski definition) is 2. The standard InChI is InChI=1S/C8H12NO2/c1-7(11)9-8(6-10)4-2-3-5-8/h2-5H2,1H3,(H,9,11). The predicted molar refractivity (Wildman–Crippen MR) is 40.7 cm³/mol. The highest BCUT2D eigenvalue weighted by Gasteiger charge is 2.34. The van der Waals surface area contributed by atoms with Gasteiger partial charge in [-0.15, -0.1) is 0 Å². The van der Waals surface area contributed by atoms with Crippen LogP contribution >= 0.6 is 0 Å². The number of rotatable bonds is 2. The maximum Gasteiger partial charge on any atom is 0.226 e. The van der Waals surface area contributed by atoms with Crippen LogP contribution in [0.5, 0.6) is 0 Å². The lowest BCUT2D eigenvalue weighted by Crippen LogP contribution is -2.46. The molecule has 1 N–H and O–H groups in total. The summed E-state index contributed by atoms with van der Waals surface area (Å²) >= 11 is 0. The van der Waals surface area contributed by atoms with Gasteiger partial charge in [0.25, 0.3) is 0 Å². The van der Waals surface area contributed by atoms with Crippen molar-refractivity contribution in [3.8, 4) is 0 Å². The number of carbonyl (C=O) groups excluding carboxylic acids is 2. The lowest BCUT2D eigenvalue weighted by atomic mass is 10.0. The molecule has 1 radical (unpaired) electrons. The van der Waals surface area contributed by atoms with Crippen molar-refractivity contribution in [2.75, 3.05) is 0 Å². The molecule has 1 aliphatic rings. The summed E-state index contributed by atoms with van der Waals surface area (Å²) in [6.07, 6.45) is 5.44. The molecule has 0 aromatic rings. The maximum absolute atomic E-state index is 10.7. The van der Waals surface area contributed by atoms with Crippen LogP contribution in [0.15, 0.2) is 0 Å².